The van der Waals surface area contributed by atoms with Crippen LogP contribution in [0.5, 0.6) is 0 Å². The molecule has 4 nitrogen and oxygen atoms in total. The molecular formula is C20H20N2O2. The van der Waals surface area contributed by atoms with Gasteiger partial charge in [0.15, 0.2) is 0 Å². The zero-order valence-corrected chi connectivity index (χ0v) is 13.8. The molecule has 0 saturated carbocycles. The maximum absolute atomic E-state index is 12.2. The molecule has 0 bridgehead atoms. The summed E-state index contributed by atoms with van der Waals surface area (Å²) in [4.78, 5) is 27.2. The second-order valence-electron chi connectivity index (χ2n) is 6.03. The van der Waals surface area contributed by atoms with Crippen molar-refractivity contribution in [1.82, 2.24) is 10.3 Å². The Labute approximate surface area is 140 Å². The summed E-state index contributed by atoms with van der Waals surface area (Å²) in [6.45, 7) is 4.38. The average molecular weight is 320 g/mol. The van der Waals surface area contributed by atoms with Crippen molar-refractivity contribution in [3.63, 3.8) is 0 Å². The number of carbonyl (C=O) groups excluding carboxylic acids is 1. The van der Waals surface area contributed by atoms with Gasteiger partial charge < -0.3 is 10.3 Å². The lowest BCUT2D eigenvalue weighted by atomic mass is 10.1. The van der Waals surface area contributed by atoms with Crippen LogP contribution in [0.15, 0.2) is 53.3 Å². The van der Waals surface area contributed by atoms with E-state index in [1.165, 1.54) is 0 Å². The first-order valence-corrected chi connectivity index (χ1v) is 8.01. The zero-order chi connectivity index (χ0) is 17.1. The van der Waals surface area contributed by atoms with E-state index in [2.05, 4.69) is 10.3 Å². The summed E-state index contributed by atoms with van der Waals surface area (Å²) >= 11 is 0. The van der Waals surface area contributed by atoms with Gasteiger partial charge in [-0.1, -0.05) is 35.9 Å². The molecule has 0 atom stereocenters. The molecule has 0 spiro atoms. The third kappa shape index (κ3) is 3.38. The number of para-hydroxylation sites is 1. The number of benzene rings is 2. The van der Waals surface area contributed by atoms with E-state index in [-0.39, 0.29) is 11.5 Å². The molecule has 1 aromatic heterocycles. The molecule has 2 N–H and O–H groups in total. The van der Waals surface area contributed by atoms with Crippen molar-refractivity contribution in [2.75, 3.05) is 6.54 Å². The van der Waals surface area contributed by atoms with Crippen molar-refractivity contribution in [1.29, 1.82) is 0 Å². The minimum Gasteiger partial charge on any atom is -0.352 e. The van der Waals surface area contributed by atoms with Crippen molar-refractivity contribution in [2.24, 2.45) is 0 Å². The fourth-order valence-electron chi connectivity index (χ4n) is 2.73. The number of hydrogen-bond donors (Lipinski definition) is 2. The Kier molecular flexibility index (Phi) is 4.47. The van der Waals surface area contributed by atoms with E-state index in [9.17, 15) is 9.59 Å². The number of aromatic nitrogens is 1. The number of aromatic amines is 1. The number of aryl methyl sites for hydroxylation is 2. The Hall–Kier alpha value is -2.88. The molecule has 1 heterocycles. The van der Waals surface area contributed by atoms with Gasteiger partial charge in [0, 0.05) is 17.7 Å². The highest BCUT2D eigenvalue weighted by Gasteiger charge is 2.07. The van der Waals surface area contributed by atoms with Crippen LogP contribution in [0.25, 0.3) is 10.9 Å². The molecule has 2 aromatic carbocycles. The first-order valence-electron chi connectivity index (χ1n) is 8.01. The molecule has 0 unspecified atom stereocenters. The second-order valence-corrected chi connectivity index (χ2v) is 6.03. The SMILES string of the molecule is Cc1ccc(C(=O)NCCc2cc3cccc(C)c3[nH]c2=O)cc1. The van der Waals surface area contributed by atoms with Crippen molar-refractivity contribution in [3.05, 3.63) is 81.1 Å². The number of hydrogen-bond acceptors (Lipinski definition) is 2. The van der Waals surface area contributed by atoms with E-state index in [4.69, 9.17) is 0 Å². The molecule has 3 rings (SSSR count). The molecule has 122 valence electrons. The van der Waals surface area contributed by atoms with Crippen LogP contribution in [0.1, 0.15) is 27.0 Å². The van der Waals surface area contributed by atoms with Crippen LogP contribution in [-0.4, -0.2) is 17.4 Å². The summed E-state index contributed by atoms with van der Waals surface area (Å²) in [7, 11) is 0. The number of H-pyrrole nitrogens is 1. The van der Waals surface area contributed by atoms with E-state index in [1.54, 1.807) is 12.1 Å². The van der Waals surface area contributed by atoms with Gasteiger partial charge in [0.2, 0.25) is 0 Å². The highest BCUT2D eigenvalue weighted by atomic mass is 16.1. The predicted molar refractivity (Wildman–Crippen MR) is 96.5 cm³/mol. The van der Waals surface area contributed by atoms with E-state index in [0.717, 1.165) is 22.0 Å². The Balaban J connectivity index is 1.69. The van der Waals surface area contributed by atoms with E-state index >= 15 is 0 Å². The average Bonchev–Trinajstić information content (AvgIpc) is 2.57. The van der Waals surface area contributed by atoms with Crippen LogP contribution in [0.4, 0.5) is 0 Å². The van der Waals surface area contributed by atoms with Gasteiger partial charge in [-0.2, -0.15) is 0 Å². The van der Waals surface area contributed by atoms with Crippen LogP contribution >= 0.6 is 0 Å². The topological polar surface area (TPSA) is 62.0 Å². The van der Waals surface area contributed by atoms with Gasteiger partial charge in [-0.15, -0.1) is 0 Å². The van der Waals surface area contributed by atoms with Crippen molar-refractivity contribution >= 4 is 16.8 Å². The summed E-state index contributed by atoms with van der Waals surface area (Å²) in [5, 5.41) is 3.87. The largest absolute Gasteiger partial charge is 0.352 e. The maximum atomic E-state index is 12.2. The lowest BCUT2D eigenvalue weighted by Crippen LogP contribution is -2.27. The molecule has 24 heavy (non-hydrogen) atoms. The Morgan fingerprint density at radius 1 is 1.08 bits per heavy atom. The molecule has 0 aliphatic rings. The number of amides is 1. The number of fused-ring (bicyclic) bond motifs is 1. The molecule has 0 aliphatic heterocycles. The summed E-state index contributed by atoms with van der Waals surface area (Å²) in [6.07, 6.45) is 0.497. The summed E-state index contributed by atoms with van der Waals surface area (Å²) in [5.41, 5.74) is 4.24. The quantitative estimate of drug-likeness (QED) is 0.776. The van der Waals surface area contributed by atoms with Crippen LogP contribution in [0.2, 0.25) is 0 Å². The van der Waals surface area contributed by atoms with Gasteiger partial charge in [-0.05, 0) is 49.4 Å². The smallest absolute Gasteiger partial charge is 0.251 e. The summed E-state index contributed by atoms with van der Waals surface area (Å²) in [6, 6.07) is 15.2. The number of nitrogens with one attached hydrogen (secondary N) is 2. The fourth-order valence-corrected chi connectivity index (χ4v) is 2.73. The monoisotopic (exact) mass is 320 g/mol. The summed E-state index contributed by atoms with van der Waals surface area (Å²) < 4.78 is 0. The summed E-state index contributed by atoms with van der Waals surface area (Å²) in [5.74, 6) is -0.122. The Morgan fingerprint density at radius 2 is 1.83 bits per heavy atom. The van der Waals surface area contributed by atoms with Crippen LogP contribution in [0.3, 0.4) is 0 Å². The van der Waals surface area contributed by atoms with Crippen LogP contribution in [-0.2, 0) is 6.42 Å². The zero-order valence-electron chi connectivity index (χ0n) is 13.8. The molecular weight excluding hydrogens is 300 g/mol. The van der Waals surface area contributed by atoms with E-state index in [0.29, 0.717) is 24.1 Å². The van der Waals surface area contributed by atoms with Crippen molar-refractivity contribution in [3.8, 4) is 0 Å². The molecule has 3 aromatic rings. The number of pyridine rings is 1. The van der Waals surface area contributed by atoms with E-state index in [1.807, 2.05) is 50.2 Å². The van der Waals surface area contributed by atoms with Gasteiger partial charge in [-0.25, -0.2) is 0 Å². The number of carbonyl (C=O) groups is 1. The lowest BCUT2D eigenvalue weighted by Gasteiger charge is -2.07. The maximum Gasteiger partial charge on any atom is 0.251 e. The second kappa shape index (κ2) is 6.71. The van der Waals surface area contributed by atoms with Gasteiger partial charge in [0.1, 0.15) is 0 Å². The molecule has 0 aliphatic carbocycles. The minimum atomic E-state index is -0.122. The molecule has 0 radical (unpaired) electrons. The fraction of sp³-hybridized carbons (Fsp3) is 0.200. The molecule has 4 heteroatoms. The minimum absolute atomic E-state index is 0.0959. The van der Waals surface area contributed by atoms with Crippen molar-refractivity contribution in [2.45, 2.75) is 20.3 Å². The molecule has 0 saturated heterocycles. The first kappa shape index (κ1) is 16.0. The van der Waals surface area contributed by atoms with Crippen LogP contribution < -0.4 is 10.9 Å². The highest BCUT2D eigenvalue weighted by Crippen LogP contribution is 2.15. The molecule has 0 fully saturated rings. The Bertz CT molecular complexity index is 940. The lowest BCUT2D eigenvalue weighted by molar-refractivity contribution is 0.0954. The third-order valence-electron chi connectivity index (χ3n) is 4.16. The van der Waals surface area contributed by atoms with Crippen LogP contribution in [0, 0.1) is 13.8 Å². The first-order chi connectivity index (χ1) is 11.5. The predicted octanol–water partition coefficient (Wildman–Crippen LogP) is 3.12. The van der Waals surface area contributed by atoms with Crippen molar-refractivity contribution < 1.29 is 4.79 Å². The standard InChI is InChI=1S/C20H20N2O2/c1-13-6-8-15(9-7-13)19(23)21-11-10-17-12-16-5-3-4-14(2)18(16)22-20(17)24/h3-9,12H,10-11H2,1-2H3,(H,21,23)(H,22,24). The van der Waals surface area contributed by atoms with Gasteiger partial charge in [-0.3, -0.25) is 9.59 Å². The highest BCUT2D eigenvalue weighted by molar-refractivity contribution is 5.94. The Morgan fingerprint density at radius 3 is 2.58 bits per heavy atom. The van der Waals surface area contributed by atoms with Gasteiger partial charge >= 0.3 is 0 Å². The van der Waals surface area contributed by atoms with E-state index < -0.39 is 0 Å². The normalized spacial score (nSPS) is 10.8. The molecule has 1 amide bonds. The third-order valence-corrected chi connectivity index (χ3v) is 4.16. The van der Waals surface area contributed by atoms with Gasteiger partial charge in [0.05, 0.1) is 5.52 Å². The number of rotatable bonds is 4. The van der Waals surface area contributed by atoms with Gasteiger partial charge in [0.25, 0.3) is 11.5 Å².